The summed E-state index contributed by atoms with van der Waals surface area (Å²) < 4.78 is 0. The smallest absolute Gasteiger partial charge is 0.0267 e. The number of nitrogens with zero attached hydrogens (tertiary/aromatic N) is 4. The molecule has 2 fully saturated rings. The minimum atomic E-state index is 1.14. The number of rotatable bonds is 1. The molecule has 3 heterocycles. The number of hydrogen-bond acceptors (Lipinski definition) is 4. The van der Waals surface area contributed by atoms with Gasteiger partial charge < -0.3 is 14.7 Å². The van der Waals surface area contributed by atoms with E-state index in [1.807, 2.05) is 88.4 Å². The van der Waals surface area contributed by atoms with Crippen LogP contribution in [0, 0.1) is 0 Å². The van der Waals surface area contributed by atoms with Crippen molar-refractivity contribution >= 4 is 0 Å². The van der Waals surface area contributed by atoms with Gasteiger partial charge in [0.25, 0.3) is 0 Å². The highest BCUT2D eigenvalue weighted by molar-refractivity contribution is 5.13. The monoisotopic (exact) mass is 536 g/mol. The van der Waals surface area contributed by atoms with Gasteiger partial charge in [-0.1, -0.05) is 114 Å². The Labute approximate surface area is 243 Å². The minimum Gasteiger partial charge on any atom is -0.306 e. The zero-order valence-electron chi connectivity index (χ0n) is 26.6. The fraction of sp³-hybridized carbons (Fsp3) is 0.514. The van der Waals surface area contributed by atoms with E-state index < -0.39 is 0 Å². The first-order valence-electron chi connectivity index (χ1n) is 15.1. The molecule has 2 aromatic carbocycles. The number of aryl methyl sites for hydroxylation is 1. The summed E-state index contributed by atoms with van der Waals surface area (Å²) in [6, 6.07) is 28.2. The number of piperazine rings is 1. The third-order valence-electron chi connectivity index (χ3n) is 5.79. The predicted octanol–water partition coefficient (Wildman–Crippen LogP) is 8.04. The summed E-state index contributed by atoms with van der Waals surface area (Å²) in [5, 5.41) is 0. The van der Waals surface area contributed by atoms with Gasteiger partial charge in [-0.3, -0.25) is 4.98 Å². The molecule has 1 aromatic heterocycles. The molecule has 5 rings (SSSR count). The number of likely N-dealkylation sites (tertiary alicyclic amines) is 1. The Balaban J connectivity index is 0. The molecule has 2 aliphatic rings. The Morgan fingerprint density at radius 3 is 1.05 bits per heavy atom. The third kappa shape index (κ3) is 28.3. The highest BCUT2D eigenvalue weighted by atomic mass is 15.2. The Hall–Kier alpha value is -2.53. The lowest BCUT2D eigenvalue weighted by Gasteiger charge is -2.28. The van der Waals surface area contributed by atoms with Crippen LogP contribution in [-0.4, -0.2) is 80.1 Å². The van der Waals surface area contributed by atoms with Gasteiger partial charge in [0.2, 0.25) is 0 Å². The summed E-state index contributed by atoms with van der Waals surface area (Å²) in [6.07, 6.45) is 8.91. The lowest BCUT2D eigenvalue weighted by Crippen LogP contribution is -2.42. The number of pyridine rings is 1. The first kappa shape index (κ1) is 38.6. The van der Waals surface area contributed by atoms with Crippen molar-refractivity contribution in [3.63, 3.8) is 0 Å². The molecule has 2 saturated heterocycles. The quantitative estimate of drug-likeness (QED) is 0.314. The summed E-state index contributed by atoms with van der Waals surface area (Å²) >= 11 is 0. The molecular formula is C35H60N4. The Bertz CT molecular complexity index is 675. The molecule has 0 saturated carbocycles. The Morgan fingerprint density at radius 2 is 0.821 bits per heavy atom. The summed E-state index contributed by atoms with van der Waals surface area (Å²) in [7, 11) is 6.54. The molecule has 0 N–H and O–H groups in total. The van der Waals surface area contributed by atoms with Gasteiger partial charge in [-0.05, 0) is 71.2 Å². The van der Waals surface area contributed by atoms with E-state index in [4.69, 9.17) is 0 Å². The maximum absolute atomic E-state index is 3.78. The average molecular weight is 537 g/mol. The van der Waals surface area contributed by atoms with Crippen LogP contribution in [0.3, 0.4) is 0 Å². The van der Waals surface area contributed by atoms with Gasteiger partial charge in [-0.15, -0.1) is 0 Å². The molecule has 4 nitrogen and oxygen atoms in total. The van der Waals surface area contributed by atoms with Crippen LogP contribution in [-0.2, 0) is 6.42 Å². The molecule has 4 heteroatoms. The van der Waals surface area contributed by atoms with Gasteiger partial charge in [0, 0.05) is 38.6 Å². The molecule has 0 amide bonds. The summed E-state index contributed by atoms with van der Waals surface area (Å²) in [6.45, 7) is 17.7. The molecule has 0 unspecified atom stereocenters. The molecule has 0 radical (unpaired) electrons. The topological polar surface area (TPSA) is 22.6 Å². The van der Waals surface area contributed by atoms with Crippen molar-refractivity contribution in [1.82, 2.24) is 19.7 Å². The van der Waals surface area contributed by atoms with Crippen LogP contribution in [0.4, 0.5) is 0 Å². The zero-order valence-corrected chi connectivity index (χ0v) is 26.6. The van der Waals surface area contributed by atoms with Gasteiger partial charge >= 0.3 is 0 Å². The van der Waals surface area contributed by atoms with E-state index in [0.29, 0.717) is 0 Å². The van der Waals surface area contributed by atoms with Crippen LogP contribution >= 0.6 is 0 Å². The van der Waals surface area contributed by atoms with E-state index in [2.05, 4.69) is 72.0 Å². The SMILES string of the molecule is CC.CC.CCc1ccccc1.CN1CCCCC1.CN1CCN(C)CC1.c1ccccc1.c1ccncc1. The Morgan fingerprint density at radius 1 is 0.487 bits per heavy atom. The van der Waals surface area contributed by atoms with E-state index in [-0.39, 0.29) is 0 Å². The average Bonchev–Trinajstić information content (AvgIpc) is 3.04. The number of aromatic nitrogens is 1. The van der Waals surface area contributed by atoms with Crippen LogP contribution in [0.5, 0.6) is 0 Å². The molecule has 39 heavy (non-hydrogen) atoms. The van der Waals surface area contributed by atoms with Crippen LogP contribution in [0.15, 0.2) is 97.3 Å². The summed E-state index contributed by atoms with van der Waals surface area (Å²) in [5.74, 6) is 0. The second kappa shape index (κ2) is 31.7. The maximum Gasteiger partial charge on any atom is 0.0267 e. The van der Waals surface area contributed by atoms with E-state index in [0.717, 1.165) is 6.42 Å². The fourth-order valence-corrected chi connectivity index (χ4v) is 3.37. The second-order valence-electron chi connectivity index (χ2n) is 8.99. The number of likely N-dealkylation sites (N-methyl/N-ethyl adjacent to an activating group) is 2. The van der Waals surface area contributed by atoms with Crippen molar-refractivity contribution in [1.29, 1.82) is 0 Å². The highest BCUT2D eigenvalue weighted by Crippen LogP contribution is 2.04. The molecule has 0 bridgehead atoms. The van der Waals surface area contributed by atoms with Gasteiger partial charge in [-0.2, -0.15) is 0 Å². The van der Waals surface area contributed by atoms with Crippen molar-refractivity contribution < 1.29 is 0 Å². The molecule has 220 valence electrons. The Kier molecular flexibility index (Phi) is 31.4. The molecule has 2 aliphatic heterocycles. The molecule has 0 atom stereocenters. The molecule has 0 spiro atoms. The van der Waals surface area contributed by atoms with Gasteiger partial charge in [-0.25, -0.2) is 0 Å². The van der Waals surface area contributed by atoms with E-state index in [1.54, 1.807) is 12.4 Å². The van der Waals surface area contributed by atoms with E-state index >= 15 is 0 Å². The molecular weight excluding hydrogens is 476 g/mol. The van der Waals surface area contributed by atoms with Crippen LogP contribution in [0.25, 0.3) is 0 Å². The van der Waals surface area contributed by atoms with E-state index in [9.17, 15) is 0 Å². The fourth-order valence-electron chi connectivity index (χ4n) is 3.37. The van der Waals surface area contributed by atoms with Crippen molar-refractivity contribution in [2.24, 2.45) is 0 Å². The van der Waals surface area contributed by atoms with Crippen LogP contribution in [0.2, 0.25) is 0 Å². The lowest BCUT2D eigenvalue weighted by molar-refractivity contribution is 0.181. The summed E-state index contributed by atoms with van der Waals surface area (Å²) in [4.78, 5) is 10.9. The number of piperidine rings is 1. The highest BCUT2D eigenvalue weighted by Gasteiger charge is 2.07. The first-order valence-corrected chi connectivity index (χ1v) is 15.1. The van der Waals surface area contributed by atoms with Gasteiger partial charge in [0.05, 0.1) is 0 Å². The van der Waals surface area contributed by atoms with Gasteiger partial charge in [0.1, 0.15) is 0 Å². The molecule has 3 aromatic rings. The second-order valence-corrected chi connectivity index (χ2v) is 8.99. The number of hydrogen-bond donors (Lipinski definition) is 0. The minimum absolute atomic E-state index is 1.14. The standard InChI is InChI=1S/C8H10.C6H14N2.C6H13N.C6H6.C5H5N.2C2H6/c1-2-8-6-4-3-5-7-8;1-7-3-5-8(2)6-4-7;1-7-5-3-2-4-6-7;2*1-2-4-6-5-3-1;2*1-2/h3-7H,2H2,1H3;3-6H2,1-2H3;2-6H2,1H3;1-6H;1-5H;2*1-2H3. The van der Waals surface area contributed by atoms with Crippen molar-refractivity contribution in [3.05, 3.63) is 103 Å². The number of benzene rings is 2. The molecule has 0 aliphatic carbocycles. The lowest BCUT2D eigenvalue weighted by atomic mass is 10.1. The van der Waals surface area contributed by atoms with Crippen molar-refractivity contribution in [3.8, 4) is 0 Å². The normalized spacial score (nSPS) is 14.6. The van der Waals surface area contributed by atoms with Crippen molar-refractivity contribution in [2.45, 2.75) is 60.3 Å². The third-order valence-corrected chi connectivity index (χ3v) is 5.79. The largest absolute Gasteiger partial charge is 0.306 e. The van der Waals surface area contributed by atoms with E-state index in [1.165, 1.54) is 64.1 Å². The zero-order chi connectivity index (χ0) is 29.4. The van der Waals surface area contributed by atoms with Crippen molar-refractivity contribution in [2.75, 3.05) is 60.4 Å². The summed E-state index contributed by atoms with van der Waals surface area (Å²) in [5.41, 5.74) is 1.41. The van der Waals surface area contributed by atoms with Crippen LogP contribution in [0.1, 0.15) is 59.4 Å². The maximum atomic E-state index is 3.78. The van der Waals surface area contributed by atoms with Crippen LogP contribution < -0.4 is 0 Å². The first-order chi connectivity index (χ1) is 19.1. The predicted molar refractivity (Wildman–Crippen MR) is 176 cm³/mol. The van der Waals surface area contributed by atoms with Gasteiger partial charge in [0.15, 0.2) is 0 Å².